The van der Waals surface area contributed by atoms with Crippen LogP contribution >= 0.6 is 11.6 Å². The van der Waals surface area contributed by atoms with Crippen LogP contribution in [0.1, 0.15) is 5.56 Å². The zero-order valence-electron chi connectivity index (χ0n) is 5.66. The number of pyridine rings is 1. The van der Waals surface area contributed by atoms with Gasteiger partial charge in [0.05, 0.1) is 11.1 Å². The van der Waals surface area contributed by atoms with Gasteiger partial charge in [-0.15, -0.1) is 0 Å². The molecule has 0 aliphatic heterocycles. The first kappa shape index (κ1) is 7.77. The molecule has 0 saturated carbocycles. The highest BCUT2D eigenvalue weighted by molar-refractivity contribution is 6.32. The lowest BCUT2D eigenvalue weighted by Crippen LogP contribution is -1.76. The maximum absolute atomic E-state index is 8.22. The third-order valence-electron chi connectivity index (χ3n) is 1.13. The summed E-state index contributed by atoms with van der Waals surface area (Å²) in [6.07, 6.45) is 6.19. The van der Waals surface area contributed by atoms with Crippen LogP contribution in [-0.2, 0) is 0 Å². The fourth-order valence-corrected chi connectivity index (χ4v) is 0.808. The maximum atomic E-state index is 8.22. The van der Waals surface area contributed by atoms with E-state index in [1.807, 2.05) is 6.07 Å². The third kappa shape index (κ3) is 2.06. The molecule has 0 amide bonds. The van der Waals surface area contributed by atoms with Crippen molar-refractivity contribution in [3.8, 4) is 6.07 Å². The van der Waals surface area contributed by atoms with E-state index in [-0.39, 0.29) is 0 Å². The lowest BCUT2D eigenvalue weighted by molar-refractivity contribution is 1.32. The molecule has 1 aromatic rings. The van der Waals surface area contributed by atoms with Gasteiger partial charge in [0.1, 0.15) is 0 Å². The van der Waals surface area contributed by atoms with Gasteiger partial charge in [0.15, 0.2) is 0 Å². The maximum Gasteiger partial charge on any atom is 0.0912 e. The fraction of sp³-hybridized carbons (Fsp3) is 0. The van der Waals surface area contributed by atoms with Crippen molar-refractivity contribution in [1.29, 1.82) is 5.26 Å². The molecule has 3 heteroatoms. The molecule has 54 valence electrons. The largest absolute Gasteiger partial charge is 0.264 e. The van der Waals surface area contributed by atoms with Crippen LogP contribution in [0.4, 0.5) is 0 Å². The van der Waals surface area contributed by atoms with Gasteiger partial charge in [0.25, 0.3) is 0 Å². The van der Waals surface area contributed by atoms with Crippen LogP contribution in [0.3, 0.4) is 0 Å². The van der Waals surface area contributed by atoms with E-state index in [0.717, 1.165) is 5.56 Å². The molecular formula is C8H5ClN2. The van der Waals surface area contributed by atoms with E-state index in [0.29, 0.717) is 5.02 Å². The Labute approximate surface area is 69.8 Å². The lowest BCUT2D eigenvalue weighted by atomic mass is 10.2. The van der Waals surface area contributed by atoms with Crippen LogP contribution in [0.25, 0.3) is 6.08 Å². The second kappa shape index (κ2) is 3.75. The minimum absolute atomic E-state index is 0.603. The fourth-order valence-electron chi connectivity index (χ4n) is 0.639. The Balaban J connectivity index is 2.97. The van der Waals surface area contributed by atoms with Gasteiger partial charge in [-0.05, 0) is 12.1 Å². The lowest BCUT2D eigenvalue weighted by Gasteiger charge is -1.92. The number of hydrogen-bond donors (Lipinski definition) is 0. The van der Waals surface area contributed by atoms with Crippen LogP contribution in [-0.4, -0.2) is 4.98 Å². The summed E-state index contributed by atoms with van der Waals surface area (Å²) in [5, 5.41) is 8.82. The van der Waals surface area contributed by atoms with Crippen molar-refractivity contribution in [2.45, 2.75) is 0 Å². The minimum Gasteiger partial charge on any atom is -0.264 e. The molecule has 0 unspecified atom stereocenters. The smallest absolute Gasteiger partial charge is 0.0912 e. The summed E-state index contributed by atoms with van der Waals surface area (Å²) in [7, 11) is 0. The monoisotopic (exact) mass is 164 g/mol. The molecule has 1 aromatic heterocycles. The Morgan fingerprint density at radius 3 is 3.09 bits per heavy atom. The second-order valence-corrected chi connectivity index (χ2v) is 2.27. The van der Waals surface area contributed by atoms with Crippen molar-refractivity contribution in [1.82, 2.24) is 4.98 Å². The molecule has 0 aliphatic rings. The van der Waals surface area contributed by atoms with E-state index in [1.165, 1.54) is 6.08 Å². The Morgan fingerprint density at radius 2 is 2.45 bits per heavy atom. The van der Waals surface area contributed by atoms with E-state index in [9.17, 15) is 0 Å². The number of allylic oxidation sites excluding steroid dienone is 1. The summed E-state index contributed by atoms with van der Waals surface area (Å²) in [5.41, 5.74) is 0.760. The molecule has 2 nitrogen and oxygen atoms in total. The Kier molecular flexibility index (Phi) is 2.65. The Morgan fingerprint density at radius 1 is 1.64 bits per heavy atom. The minimum atomic E-state index is 0.603. The third-order valence-corrected chi connectivity index (χ3v) is 1.48. The van der Waals surface area contributed by atoms with Gasteiger partial charge in [-0.1, -0.05) is 11.6 Å². The first-order chi connectivity index (χ1) is 5.34. The average Bonchev–Trinajstić information content (AvgIpc) is 2.03. The molecule has 0 fully saturated rings. The molecule has 0 saturated heterocycles. The van der Waals surface area contributed by atoms with Crippen molar-refractivity contribution >= 4 is 17.7 Å². The van der Waals surface area contributed by atoms with Crippen LogP contribution in [0, 0.1) is 11.3 Å². The topological polar surface area (TPSA) is 36.7 Å². The van der Waals surface area contributed by atoms with Gasteiger partial charge in [0, 0.05) is 24.0 Å². The number of hydrogen-bond acceptors (Lipinski definition) is 2. The molecule has 0 radical (unpaired) electrons. The Bertz CT molecular complexity index is 312. The average molecular weight is 165 g/mol. The molecule has 0 spiro atoms. The standard InChI is InChI=1S/C8H5ClN2/c9-8-3-5-11-6-7(8)2-1-4-10/h1-3,5-6H. The normalized spacial score (nSPS) is 9.82. The SMILES string of the molecule is N#CC=Cc1cnccc1Cl. The number of nitriles is 1. The molecule has 0 atom stereocenters. The Hall–Kier alpha value is -1.33. The van der Waals surface area contributed by atoms with Crippen LogP contribution in [0.2, 0.25) is 5.02 Å². The quantitative estimate of drug-likeness (QED) is 0.597. The molecule has 1 rings (SSSR count). The highest BCUT2D eigenvalue weighted by atomic mass is 35.5. The van der Waals surface area contributed by atoms with Crippen LogP contribution in [0.15, 0.2) is 24.5 Å². The molecule has 0 aliphatic carbocycles. The second-order valence-electron chi connectivity index (χ2n) is 1.86. The summed E-state index contributed by atoms with van der Waals surface area (Å²) in [4.78, 5) is 3.85. The molecule has 11 heavy (non-hydrogen) atoms. The predicted molar refractivity (Wildman–Crippen MR) is 43.9 cm³/mol. The molecular weight excluding hydrogens is 160 g/mol. The molecule has 0 N–H and O–H groups in total. The summed E-state index contributed by atoms with van der Waals surface area (Å²) >= 11 is 5.76. The van der Waals surface area contributed by atoms with Gasteiger partial charge in [-0.3, -0.25) is 4.98 Å². The molecule has 1 heterocycles. The van der Waals surface area contributed by atoms with Crippen LogP contribution in [0.5, 0.6) is 0 Å². The number of halogens is 1. The van der Waals surface area contributed by atoms with Gasteiger partial charge in [-0.25, -0.2) is 0 Å². The van der Waals surface area contributed by atoms with Gasteiger partial charge in [0.2, 0.25) is 0 Å². The van der Waals surface area contributed by atoms with E-state index in [4.69, 9.17) is 16.9 Å². The first-order valence-corrected chi connectivity index (χ1v) is 3.38. The van der Waals surface area contributed by atoms with E-state index in [2.05, 4.69) is 4.98 Å². The number of aromatic nitrogens is 1. The van der Waals surface area contributed by atoms with Crippen molar-refractivity contribution in [3.63, 3.8) is 0 Å². The zero-order chi connectivity index (χ0) is 8.10. The number of nitrogens with zero attached hydrogens (tertiary/aromatic N) is 2. The molecule has 0 bridgehead atoms. The first-order valence-electron chi connectivity index (χ1n) is 3.00. The van der Waals surface area contributed by atoms with Crippen LogP contribution < -0.4 is 0 Å². The predicted octanol–water partition coefficient (Wildman–Crippen LogP) is 2.27. The van der Waals surface area contributed by atoms with Crippen molar-refractivity contribution < 1.29 is 0 Å². The summed E-state index contributed by atoms with van der Waals surface area (Å²) in [5.74, 6) is 0. The van der Waals surface area contributed by atoms with Crippen molar-refractivity contribution in [2.75, 3.05) is 0 Å². The number of rotatable bonds is 1. The molecule has 0 aromatic carbocycles. The van der Waals surface area contributed by atoms with E-state index >= 15 is 0 Å². The highest BCUT2D eigenvalue weighted by Crippen LogP contribution is 2.14. The summed E-state index contributed by atoms with van der Waals surface area (Å²) in [6, 6.07) is 3.56. The van der Waals surface area contributed by atoms with E-state index < -0.39 is 0 Å². The van der Waals surface area contributed by atoms with Gasteiger partial charge in [-0.2, -0.15) is 5.26 Å². The zero-order valence-corrected chi connectivity index (χ0v) is 6.42. The van der Waals surface area contributed by atoms with Gasteiger partial charge < -0.3 is 0 Å². The summed E-state index contributed by atoms with van der Waals surface area (Å²) in [6.45, 7) is 0. The van der Waals surface area contributed by atoms with Crippen molar-refractivity contribution in [3.05, 3.63) is 35.1 Å². The van der Waals surface area contributed by atoms with Gasteiger partial charge >= 0.3 is 0 Å². The highest BCUT2D eigenvalue weighted by Gasteiger charge is 1.92. The summed E-state index contributed by atoms with van der Waals surface area (Å²) < 4.78 is 0. The van der Waals surface area contributed by atoms with Crippen molar-refractivity contribution in [2.24, 2.45) is 0 Å². The van der Waals surface area contributed by atoms with E-state index in [1.54, 1.807) is 24.5 Å².